The van der Waals surface area contributed by atoms with Crippen LogP contribution in [0.4, 0.5) is 5.82 Å². The molecule has 0 saturated carbocycles. The fraction of sp³-hybridized carbons (Fsp3) is 0.500. The Morgan fingerprint density at radius 3 is 2.78 bits per heavy atom. The Labute approximate surface area is 110 Å². The molecule has 0 fully saturated rings. The Balaban J connectivity index is 2.59. The van der Waals surface area contributed by atoms with Crippen LogP contribution >= 0.6 is 11.3 Å². The van der Waals surface area contributed by atoms with Gasteiger partial charge in [-0.3, -0.25) is 4.40 Å². The van der Waals surface area contributed by atoms with Crippen molar-refractivity contribution in [3.63, 3.8) is 0 Å². The van der Waals surface area contributed by atoms with Crippen LogP contribution in [0.15, 0.2) is 5.38 Å². The smallest absolute Gasteiger partial charge is 0.360 e. The Bertz CT molecular complexity index is 592. The van der Waals surface area contributed by atoms with Gasteiger partial charge in [0.15, 0.2) is 10.7 Å². The summed E-state index contributed by atoms with van der Waals surface area (Å²) in [5.41, 5.74) is 7.21. The Hall–Kier alpha value is -1.56. The molecule has 6 heteroatoms. The highest BCUT2D eigenvalue weighted by Crippen LogP contribution is 2.31. The minimum atomic E-state index is -0.467. The quantitative estimate of drug-likeness (QED) is 0.848. The van der Waals surface area contributed by atoms with Gasteiger partial charge < -0.3 is 10.5 Å². The Kier molecular flexibility index (Phi) is 3.06. The lowest BCUT2D eigenvalue weighted by atomic mass is 9.93. The number of nitrogens with two attached hydrogens (primary N) is 1. The van der Waals surface area contributed by atoms with Crippen LogP contribution in [-0.4, -0.2) is 22.0 Å². The third-order valence-corrected chi connectivity index (χ3v) is 3.46. The van der Waals surface area contributed by atoms with Crippen molar-refractivity contribution in [2.45, 2.75) is 33.1 Å². The largest absolute Gasteiger partial charge is 0.461 e. The van der Waals surface area contributed by atoms with Gasteiger partial charge in [0.1, 0.15) is 5.82 Å². The molecular formula is C12H17N3O2S. The van der Waals surface area contributed by atoms with Gasteiger partial charge in [0.05, 0.1) is 6.61 Å². The normalized spacial score (nSPS) is 12.0. The zero-order valence-electron chi connectivity index (χ0n) is 11.0. The van der Waals surface area contributed by atoms with Crippen LogP contribution in [0.25, 0.3) is 4.96 Å². The Morgan fingerprint density at radius 1 is 1.56 bits per heavy atom. The van der Waals surface area contributed by atoms with E-state index in [4.69, 9.17) is 10.5 Å². The first-order valence-electron chi connectivity index (χ1n) is 5.79. The first kappa shape index (κ1) is 12.9. The summed E-state index contributed by atoms with van der Waals surface area (Å²) in [6.45, 7) is 8.36. The number of hydrogen-bond donors (Lipinski definition) is 1. The maximum absolute atomic E-state index is 11.7. The molecule has 2 heterocycles. The number of nitrogen functional groups attached to an aromatic ring is 1. The number of rotatable bonds is 2. The van der Waals surface area contributed by atoms with E-state index in [9.17, 15) is 4.79 Å². The lowest BCUT2D eigenvalue weighted by Gasteiger charge is -2.17. The highest BCUT2D eigenvalue weighted by Gasteiger charge is 2.25. The zero-order chi connectivity index (χ0) is 13.5. The molecule has 2 rings (SSSR count). The third kappa shape index (κ3) is 1.96. The molecule has 0 bridgehead atoms. The van der Waals surface area contributed by atoms with Crippen LogP contribution in [0.2, 0.25) is 0 Å². The molecule has 0 aliphatic rings. The maximum atomic E-state index is 11.7. The van der Waals surface area contributed by atoms with Crippen molar-refractivity contribution in [3.8, 4) is 0 Å². The number of esters is 1. The number of thiazole rings is 1. The number of carbonyl (C=O) groups is 1. The summed E-state index contributed by atoms with van der Waals surface area (Å²) in [7, 11) is 0. The van der Waals surface area contributed by atoms with Crippen LogP contribution in [0.5, 0.6) is 0 Å². The van der Waals surface area contributed by atoms with Crippen LogP contribution in [0.1, 0.15) is 43.9 Å². The summed E-state index contributed by atoms with van der Waals surface area (Å²) in [4.78, 5) is 16.7. The molecule has 18 heavy (non-hydrogen) atoms. The average molecular weight is 267 g/mol. The van der Waals surface area contributed by atoms with Gasteiger partial charge in [-0.25, -0.2) is 9.78 Å². The number of imidazole rings is 1. The SMILES string of the molecule is CCOC(=O)c1nc2scc(C(C)(C)C)n2c1N. The van der Waals surface area contributed by atoms with E-state index in [-0.39, 0.29) is 11.1 Å². The third-order valence-electron chi connectivity index (χ3n) is 2.64. The van der Waals surface area contributed by atoms with Crippen LogP contribution in [0.3, 0.4) is 0 Å². The highest BCUT2D eigenvalue weighted by molar-refractivity contribution is 7.15. The molecule has 0 aliphatic heterocycles. The lowest BCUT2D eigenvalue weighted by Crippen LogP contribution is -2.15. The van der Waals surface area contributed by atoms with Crippen molar-refractivity contribution in [2.24, 2.45) is 0 Å². The molecule has 0 radical (unpaired) electrons. The fourth-order valence-corrected chi connectivity index (χ4v) is 2.87. The van der Waals surface area contributed by atoms with Gasteiger partial charge in [-0.2, -0.15) is 0 Å². The second-order valence-electron chi connectivity index (χ2n) is 5.06. The van der Waals surface area contributed by atoms with Crippen LogP contribution in [-0.2, 0) is 10.2 Å². The first-order chi connectivity index (χ1) is 8.36. The first-order valence-corrected chi connectivity index (χ1v) is 6.67. The molecule has 0 atom stereocenters. The molecule has 0 spiro atoms. The van der Waals surface area contributed by atoms with Crippen molar-refractivity contribution >= 4 is 28.1 Å². The van der Waals surface area contributed by atoms with E-state index in [0.29, 0.717) is 12.4 Å². The van der Waals surface area contributed by atoms with Crippen molar-refractivity contribution in [3.05, 3.63) is 16.8 Å². The van der Waals surface area contributed by atoms with Crippen molar-refractivity contribution < 1.29 is 9.53 Å². The number of nitrogens with zero attached hydrogens (tertiary/aromatic N) is 2. The summed E-state index contributed by atoms with van der Waals surface area (Å²) in [5, 5.41) is 2.02. The van der Waals surface area contributed by atoms with Gasteiger partial charge in [0, 0.05) is 16.5 Å². The number of aromatic nitrogens is 2. The summed E-state index contributed by atoms with van der Waals surface area (Å²) in [6, 6.07) is 0. The molecule has 5 nitrogen and oxygen atoms in total. The minimum Gasteiger partial charge on any atom is -0.461 e. The summed E-state index contributed by atoms with van der Waals surface area (Å²) >= 11 is 1.48. The molecule has 0 aromatic carbocycles. The number of hydrogen-bond acceptors (Lipinski definition) is 5. The van der Waals surface area contributed by atoms with E-state index in [1.165, 1.54) is 11.3 Å². The van der Waals surface area contributed by atoms with Gasteiger partial charge >= 0.3 is 5.97 Å². The number of carbonyl (C=O) groups excluding carboxylic acids is 1. The number of ether oxygens (including phenoxy) is 1. The van der Waals surface area contributed by atoms with Crippen LogP contribution < -0.4 is 5.73 Å². The van der Waals surface area contributed by atoms with E-state index in [1.54, 1.807) is 6.92 Å². The Morgan fingerprint density at radius 2 is 2.22 bits per heavy atom. The van der Waals surface area contributed by atoms with E-state index >= 15 is 0 Å². The number of anilines is 1. The van der Waals surface area contributed by atoms with Crippen molar-refractivity contribution in [1.82, 2.24) is 9.38 Å². The van der Waals surface area contributed by atoms with E-state index < -0.39 is 5.97 Å². The molecule has 0 unspecified atom stereocenters. The number of fused-ring (bicyclic) bond motifs is 1. The minimum absolute atomic E-state index is 0.0565. The molecule has 0 aliphatic carbocycles. The molecular weight excluding hydrogens is 250 g/mol. The maximum Gasteiger partial charge on any atom is 0.360 e. The standard InChI is InChI=1S/C12H17N3O2S/c1-5-17-10(16)8-9(13)15-7(12(2,3)4)6-18-11(15)14-8/h6H,5,13H2,1-4H3. The summed E-state index contributed by atoms with van der Waals surface area (Å²) in [6.07, 6.45) is 0. The topological polar surface area (TPSA) is 69.6 Å². The van der Waals surface area contributed by atoms with E-state index in [2.05, 4.69) is 25.8 Å². The molecule has 98 valence electrons. The van der Waals surface area contributed by atoms with Gasteiger partial charge in [0.25, 0.3) is 0 Å². The van der Waals surface area contributed by atoms with Crippen molar-refractivity contribution in [1.29, 1.82) is 0 Å². The molecule has 2 N–H and O–H groups in total. The van der Waals surface area contributed by atoms with Crippen molar-refractivity contribution in [2.75, 3.05) is 12.3 Å². The summed E-state index contributed by atoms with van der Waals surface area (Å²) in [5.74, 6) is -0.111. The second-order valence-corrected chi connectivity index (χ2v) is 5.89. The lowest BCUT2D eigenvalue weighted by molar-refractivity contribution is 0.0521. The van der Waals surface area contributed by atoms with E-state index in [0.717, 1.165) is 10.7 Å². The zero-order valence-corrected chi connectivity index (χ0v) is 11.8. The van der Waals surface area contributed by atoms with Gasteiger partial charge in [-0.1, -0.05) is 20.8 Å². The van der Waals surface area contributed by atoms with Gasteiger partial charge in [-0.05, 0) is 6.92 Å². The average Bonchev–Trinajstić information content (AvgIpc) is 2.78. The second kappa shape index (κ2) is 4.28. The monoisotopic (exact) mass is 267 g/mol. The summed E-state index contributed by atoms with van der Waals surface area (Å²) < 4.78 is 6.77. The molecule has 2 aromatic heterocycles. The molecule has 0 amide bonds. The van der Waals surface area contributed by atoms with Gasteiger partial charge in [0.2, 0.25) is 0 Å². The molecule has 2 aromatic rings. The predicted molar refractivity (Wildman–Crippen MR) is 72.1 cm³/mol. The van der Waals surface area contributed by atoms with Crippen LogP contribution in [0, 0.1) is 0 Å². The van der Waals surface area contributed by atoms with Gasteiger partial charge in [-0.15, -0.1) is 11.3 Å². The molecule has 0 saturated heterocycles. The highest BCUT2D eigenvalue weighted by atomic mass is 32.1. The van der Waals surface area contributed by atoms with E-state index in [1.807, 2.05) is 9.78 Å². The fourth-order valence-electron chi connectivity index (χ4n) is 1.75. The predicted octanol–water partition coefficient (Wildman–Crippen LogP) is 2.45.